The summed E-state index contributed by atoms with van der Waals surface area (Å²) in [6.45, 7) is 1.66. The van der Waals surface area contributed by atoms with Gasteiger partial charge in [0, 0.05) is 11.5 Å². The number of halogens is 1. The molecule has 1 saturated carbocycles. The lowest BCUT2D eigenvalue weighted by atomic mass is 10.1. The van der Waals surface area contributed by atoms with E-state index >= 15 is 0 Å². The molecule has 1 fully saturated rings. The van der Waals surface area contributed by atoms with E-state index in [1.54, 1.807) is 18.2 Å². The highest BCUT2D eigenvalue weighted by molar-refractivity contribution is 6.32. The first-order chi connectivity index (χ1) is 9.63. The Bertz CT molecular complexity index is 650. The van der Waals surface area contributed by atoms with Crippen LogP contribution in [0.1, 0.15) is 47.8 Å². The molecule has 0 amide bonds. The number of hydrogen-bond donors (Lipinski definition) is 0. The van der Waals surface area contributed by atoms with Crippen LogP contribution in [0, 0.1) is 0 Å². The van der Waals surface area contributed by atoms with Crippen molar-refractivity contribution in [3.63, 3.8) is 0 Å². The maximum Gasteiger partial charge on any atom is 0.264 e. The Labute approximate surface area is 120 Å². The summed E-state index contributed by atoms with van der Waals surface area (Å²) in [5.41, 5.74) is 0.552. The van der Waals surface area contributed by atoms with E-state index in [0.29, 0.717) is 28.1 Å². The Balaban J connectivity index is 1.66. The largest absolute Gasteiger partial charge is 0.482 e. The third kappa shape index (κ3) is 2.82. The van der Waals surface area contributed by atoms with Crippen molar-refractivity contribution in [2.45, 2.75) is 32.3 Å². The molecule has 2 aromatic rings. The van der Waals surface area contributed by atoms with E-state index in [-0.39, 0.29) is 12.4 Å². The molecule has 0 N–H and O–H groups in total. The van der Waals surface area contributed by atoms with Crippen molar-refractivity contribution in [1.82, 2.24) is 10.1 Å². The molecule has 3 rings (SSSR count). The van der Waals surface area contributed by atoms with E-state index < -0.39 is 0 Å². The molecule has 104 valence electrons. The van der Waals surface area contributed by atoms with Crippen LogP contribution in [0.3, 0.4) is 0 Å². The van der Waals surface area contributed by atoms with Gasteiger partial charge >= 0.3 is 0 Å². The van der Waals surface area contributed by atoms with Gasteiger partial charge in [0.2, 0.25) is 0 Å². The van der Waals surface area contributed by atoms with Gasteiger partial charge in [0.1, 0.15) is 5.75 Å². The van der Waals surface area contributed by atoms with Crippen LogP contribution in [0.2, 0.25) is 5.02 Å². The number of nitrogens with zero attached hydrogens (tertiary/aromatic N) is 2. The van der Waals surface area contributed by atoms with Crippen molar-refractivity contribution in [2.24, 2.45) is 0 Å². The molecule has 1 heterocycles. The van der Waals surface area contributed by atoms with Crippen molar-refractivity contribution < 1.29 is 14.1 Å². The molecule has 1 aromatic carbocycles. The van der Waals surface area contributed by atoms with Crippen LogP contribution in [-0.2, 0) is 6.61 Å². The molecule has 0 radical (unpaired) electrons. The molecular weight excluding hydrogens is 280 g/mol. The second-order valence-corrected chi connectivity index (χ2v) is 5.22. The zero-order chi connectivity index (χ0) is 14.1. The van der Waals surface area contributed by atoms with Crippen molar-refractivity contribution in [3.05, 3.63) is 40.5 Å². The maximum absolute atomic E-state index is 11.2. The van der Waals surface area contributed by atoms with Crippen LogP contribution >= 0.6 is 11.6 Å². The maximum atomic E-state index is 11.2. The molecule has 0 unspecified atom stereocenters. The highest BCUT2D eigenvalue weighted by Gasteiger charge is 2.28. The van der Waals surface area contributed by atoms with E-state index in [1.165, 1.54) is 6.92 Å². The SMILES string of the molecule is CC(=O)c1ccc(OCc2nc(C3CC3)no2)c(Cl)c1. The minimum absolute atomic E-state index is 0.0376. The molecule has 0 bridgehead atoms. The lowest BCUT2D eigenvalue weighted by Crippen LogP contribution is -1.98. The lowest BCUT2D eigenvalue weighted by Gasteiger charge is -2.06. The van der Waals surface area contributed by atoms with Gasteiger partial charge in [0.25, 0.3) is 5.89 Å². The molecule has 5 nitrogen and oxygen atoms in total. The summed E-state index contributed by atoms with van der Waals surface area (Å²) in [7, 11) is 0. The number of Topliss-reactive ketones (excluding diaryl/α,β-unsaturated/α-hetero) is 1. The quantitative estimate of drug-likeness (QED) is 0.790. The number of rotatable bonds is 5. The van der Waals surface area contributed by atoms with Crippen LogP contribution in [0.5, 0.6) is 5.75 Å². The lowest BCUT2D eigenvalue weighted by molar-refractivity contribution is 0.101. The zero-order valence-corrected chi connectivity index (χ0v) is 11.7. The Hall–Kier alpha value is -1.88. The summed E-state index contributed by atoms with van der Waals surface area (Å²) >= 11 is 6.06. The smallest absolute Gasteiger partial charge is 0.264 e. The summed E-state index contributed by atoms with van der Waals surface area (Å²) < 4.78 is 10.6. The topological polar surface area (TPSA) is 65.2 Å². The number of carbonyl (C=O) groups is 1. The van der Waals surface area contributed by atoms with Crippen LogP contribution < -0.4 is 4.74 Å². The van der Waals surface area contributed by atoms with Crippen molar-refractivity contribution >= 4 is 17.4 Å². The predicted molar refractivity (Wildman–Crippen MR) is 72.1 cm³/mol. The van der Waals surface area contributed by atoms with E-state index in [1.807, 2.05) is 0 Å². The third-order valence-corrected chi connectivity index (χ3v) is 3.41. The molecular formula is C14H13ClN2O3. The molecule has 0 atom stereocenters. The second-order valence-electron chi connectivity index (χ2n) is 4.81. The fourth-order valence-electron chi connectivity index (χ4n) is 1.81. The number of carbonyl (C=O) groups excluding carboxylic acids is 1. The van der Waals surface area contributed by atoms with E-state index in [2.05, 4.69) is 10.1 Å². The highest BCUT2D eigenvalue weighted by atomic mass is 35.5. The van der Waals surface area contributed by atoms with Gasteiger partial charge in [0.15, 0.2) is 18.2 Å². The monoisotopic (exact) mass is 292 g/mol. The fourth-order valence-corrected chi connectivity index (χ4v) is 2.05. The molecule has 1 aliphatic rings. The van der Waals surface area contributed by atoms with Crippen LogP contribution in [0.4, 0.5) is 0 Å². The average molecular weight is 293 g/mol. The summed E-state index contributed by atoms with van der Waals surface area (Å²) in [6.07, 6.45) is 2.25. The number of ether oxygens (including phenoxy) is 1. The van der Waals surface area contributed by atoms with E-state index in [0.717, 1.165) is 18.7 Å². The van der Waals surface area contributed by atoms with Gasteiger partial charge in [-0.3, -0.25) is 4.79 Å². The molecule has 1 aliphatic carbocycles. The van der Waals surface area contributed by atoms with Gasteiger partial charge in [-0.1, -0.05) is 16.8 Å². The Morgan fingerprint density at radius 1 is 1.50 bits per heavy atom. The molecule has 0 spiro atoms. The standard InChI is InChI=1S/C14H13ClN2O3/c1-8(18)10-4-5-12(11(15)6-10)19-7-13-16-14(17-20-13)9-2-3-9/h4-6,9H,2-3,7H2,1H3. The first-order valence-electron chi connectivity index (χ1n) is 6.39. The summed E-state index contributed by atoms with van der Waals surface area (Å²) in [4.78, 5) is 15.5. The van der Waals surface area contributed by atoms with Gasteiger partial charge in [-0.25, -0.2) is 0 Å². The highest BCUT2D eigenvalue weighted by Crippen LogP contribution is 2.38. The molecule has 1 aromatic heterocycles. The second kappa shape index (κ2) is 5.25. The molecule has 6 heteroatoms. The zero-order valence-electron chi connectivity index (χ0n) is 10.9. The normalized spacial score (nSPS) is 14.3. The summed E-state index contributed by atoms with van der Waals surface area (Å²) in [6, 6.07) is 4.92. The summed E-state index contributed by atoms with van der Waals surface area (Å²) in [5.74, 6) is 2.08. The van der Waals surface area contributed by atoms with E-state index in [9.17, 15) is 4.79 Å². The summed E-state index contributed by atoms with van der Waals surface area (Å²) in [5, 5.41) is 4.30. The first-order valence-corrected chi connectivity index (χ1v) is 6.77. The predicted octanol–water partition coefficient (Wildman–Crippen LogP) is 3.38. The number of benzene rings is 1. The Kier molecular flexibility index (Phi) is 3.44. The molecule has 0 aliphatic heterocycles. The van der Waals surface area contributed by atoms with E-state index in [4.69, 9.17) is 20.9 Å². The van der Waals surface area contributed by atoms with Gasteiger partial charge in [-0.15, -0.1) is 0 Å². The van der Waals surface area contributed by atoms with Crippen molar-refractivity contribution in [1.29, 1.82) is 0 Å². The molecule has 0 saturated heterocycles. The van der Waals surface area contributed by atoms with Gasteiger partial charge in [0.05, 0.1) is 5.02 Å². The first kappa shape index (κ1) is 13.1. The van der Waals surface area contributed by atoms with Gasteiger partial charge in [-0.05, 0) is 38.0 Å². The van der Waals surface area contributed by atoms with Crippen LogP contribution in [0.25, 0.3) is 0 Å². The van der Waals surface area contributed by atoms with Crippen molar-refractivity contribution in [3.8, 4) is 5.75 Å². The Morgan fingerprint density at radius 3 is 2.95 bits per heavy atom. The number of ketones is 1. The molecule has 20 heavy (non-hydrogen) atoms. The van der Waals surface area contributed by atoms with Gasteiger partial charge in [-0.2, -0.15) is 4.98 Å². The fraction of sp³-hybridized carbons (Fsp3) is 0.357. The van der Waals surface area contributed by atoms with Crippen LogP contribution in [0.15, 0.2) is 22.7 Å². The van der Waals surface area contributed by atoms with Crippen molar-refractivity contribution in [2.75, 3.05) is 0 Å². The van der Waals surface area contributed by atoms with Crippen LogP contribution in [-0.4, -0.2) is 15.9 Å². The van der Waals surface area contributed by atoms with Gasteiger partial charge < -0.3 is 9.26 Å². The number of hydrogen-bond acceptors (Lipinski definition) is 5. The Morgan fingerprint density at radius 2 is 2.30 bits per heavy atom. The third-order valence-electron chi connectivity index (χ3n) is 3.12. The number of aromatic nitrogens is 2. The minimum Gasteiger partial charge on any atom is -0.482 e. The minimum atomic E-state index is -0.0376. The average Bonchev–Trinajstić information content (AvgIpc) is 3.17.